The molecule has 0 saturated heterocycles. The van der Waals surface area contributed by atoms with Gasteiger partial charge < -0.3 is 10.6 Å². The molecule has 1 fully saturated rings. The van der Waals surface area contributed by atoms with Crippen LogP contribution in [0.1, 0.15) is 54.7 Å². The Morgan fingerprint density at radius 1 is 1.18 bits per heavy atom. The van der Waals surface area contributed by atoms with Crippen molar-refractivity contribution in [3.8, 4) is 5.69 Å². The number of pyridine rings is 1. The van der Waals surface area contributed by atoms with E-state index in [2.05, 4.69) is 45.8 Å². The van der Waals surface area contributed by atoms with Crippen molar-refractivity contribution in [3.63, 3.8) is 0 Å². The van der Waals surface area contributed by atoms with Crippen molar-refractivity contribution >= 4 is 23.7 Å². The first-order valence-electron chi connectivity index (χ1n) is 13.6. The summed E-state index contributed by atoms with van der Waals surface area (Å²) in [6, 6.07) is 19.7. The molecule has 0 aliphatic heterocycles. The van der Waals surface area contributed by atoms with Gasteiger partial charge in [-0.3, -0.25) is 4.98 Å². The molecule has 3 unspecified atom stereocenters. The number of nitrogens with zero attached hydrogens (tertiary/aromatic N) is 3. The summed E-state index contributed by atoms with van der Waals surface area (Å²) < 4.78 is 15.4. The number of hydrogen-bond acceptors (Lipinski definition) is 3. The quantitative estimate of drug-likeness (QED) is 0.257. The van der Waals surface area contributed by atoms with Gasteiger partial charge in [0, 0.05) is 11.2 Å². The molecule has 40 heavy (non-hydrogen) atoms. The third kappa shape index (κ3) is 5.26. The van der Waals surface area contributed by atoms with Crippen molar-refractivity contribution in [1.82, 2.24) is 25.4 Å². The number of urea groups is 1. The maximum absolute atomic E-state index is 13.5. The minimum Gasteiger partial charge on any atom is -0.332 e. The van der Waals surface area contributed by atoms with Crippen LogP contribution in [0.25, 0.3) is 11.8 Å². The van der Waals surface area contributed by atoms with Crippen LogP contribution in [-0.2, 0) is 13.0 Å². The zero-order valence-electron chi connectivity index (χ0n) is 22.3. The number of halogens is 2. The maximum Gasteiger partial charge on any atom is 0.315 e. The lowest BCUT2D eigenvalue weighted by molar-refractivity contribution is 0.215. The Hall–Kier alpha value is -3.97. The van der Waals surface area contributed by atoms with Crippen LogP contribution >= 0.6 is 11.6 Å². The molecular weight excluding hydrogens is 525 g/mol. The summed E-state index contributed by atoms with van der Waals surface area (Å²) in [7, 11) is 0. The molecule has 0 radical (unpaired) electrons. The Morgan fingerprint density at radius 2 is 1.98 bits per heavy atom. The summed E-state index contributed by atoms with van der Waals surface area (Å²) in [5.41, 5.74) is 6.29. The van der Waals surface area contributed by atoms with Crippen molar-refractivity contribution in [2.45, 2.75) is 45.2 Å². The summed E-state index contributed by atoms with van der Waals surface area (Å²) >= 11 is 6.07. The number of nitrogens with one attached hydrogen (secondary N) is 2. The second-order valence-corrected chi connectivity index (χ2v) is 11.4. The van der Waals surface area contributed by atoms with Crippen molar-refractivity contribution in [2.75, 3.05) is 0 Å². The molecule has 0 bridgehead atoms. The summed E-state index contributed by atoms with van der Waals surface area (Å²) in [5, 5.41) is 11.4. The third-order valence-electron chi connectivity index (χ3n) is 8.46. The van der Waals surface area contributed by atoms with Crippen LogP contribution in [0, 0.1) is 17.2 Å². The molecule has 6 rings (SSSR count). The fraction of sp³-hybridized carbons (Fsp3) is 0.281. The minimum absolute atomic E-state index is 0.0282. The fourth-order valence-electron chi connectivity index (χ4n) is 6.27. The molecule has 2 N–H and O–H groups in total. The van der Waals surface area contributed by atoms with Crippen molar-refractivity contribution in [2.24, 2.45) is 11.3 Å². The number of carbonyl (C=O) groups excluding carboxylic acids is 1. The van der Waals surface area contributed by atoms with Crippen LogP contribution in [0.4, 0.5) is 9.18 Å². The number of hydrogen-bond donors (Lipinski definition) is 2. The Balaban J connectivity index is 1.20. The highest BCUT2D eigenvalue weighted by atomic mass is 35.5. The standard InChI is InChI=1S/C32H31ClFN5O/c1-32-18-22-19-37-39(28-11-9-26(34)10-12-28)30(22)16-24(32)8-7-23(32)15-29(21-5-3-2-4-6-21)38-31(40)36-20-27-17-25(33)13-14-35-27/h2-6,9-14,16-17,19,23,29H,7-8,15,18,20H2,1H3,(H2,36,38,40). The molecule has 2 aromatic carbocycles. The lowest BCUT2D eigenvalue weighted by atomic mass is 9.68. The van der Waals surface area contributed by atoms with Gasteiger partial charge in [-0.15, -0.1) is 0 Å². The smallest absolute Gasteiger partial charge is 0.315 e. The largest absolute Gasteiger partial charge is 0.332 e. The average molecular weight is 556 g/mol. The average Bonchev–Trinajstić information content (AvgIpc) is 3.50. The van der Waals surface area contributed by atoms with Crippen molar-refractivity contribution in [3.05, 3.63) is 118 Å². The summed E-state index contributed by atoms with van der Waals surface area (Å²) in [4.78, 5) is 17.3. The first kappa shape index (κ1) is 26.3. The molecule has 0 spiro atoms. The maximum atomic E-state index is 13.5. The van der Waals surface area contributed by atoms with Gasteiger partial charge in [-0.05, 0) is 90.6 Å². The molecule has 1 saturated carbocycles. The second-order valence-electron chi connectivity index (χ2n) is 10.9. The topological polar surface area (TPSA) is 71.8 Å². The number of aromatic nitrogens is 3. The highest BCUT2D eigenvalue weighted by molar-refractivity contribution is 6.30. The van der Waals surface area contributed by atoms with Crippen molar-refractivity contribution < 1.29 is 9.18 Å². The van der Waals surface area contributed by atoms with Crippen LogP contribution in [0.5, 0.6) is 0 Å². The molecule has 6 nitrogen and oxygen atoms in total. The normalized spacial score (nSPS) is 20.3. The van der Waals surface area contributed by atoms with Crippen LogP contribution in [-0.4, -0.2) is 20.8 Å². The summed E-state index contributed by atoms with van der Waals surface area (Å²) in [6.07, 6.45) is 9.62. The van der Waals surface area contributed by atoms with Crippen LogP contribution in [0.2, 0.25) is 5.02 Å². The number of allylic oxidation sites excluding steroid dienone is 1. The Kier molecular flexibility index (Phi) is 7.15. The first-order chi connectivity index (χ1) is 19.4. The summed E-state index contributed by atoms with van der Waals surface area (Å²) in [6.45, 7) is 2.64. The van der Waals surface area contributed by atoms with E-state index in [1.807, 2.05) is 29.1 Å². The highest BCUT2D eigenvalue weighted by Gasteiger charge is 2.46. The molecule has 2 aromatic heterocycles. The van der Waals surface area contributed by atoms with Crippen LogP contribution in [0.15, 0.2) is 84.7 Å². The van der Waals surface area contributed by atoms with Crippen LogP contribution < -0.4 is 10.6 Å². The lowest BCUT2D eigenvalue weighted by Crippen LogP contribution is -2.40. The van der Waals surface area contributed by atoms with Gasteiger partial charge in [0.15, 0.2) is 0 Å². The monoisotopic (exact) mass is 555 g/mol. The SMILES string of the molecule is CC12Cc3cnn(-c4ccc(F)cc4)c3C=C1CCC2CC(NC(=O)NCc1cc(Cl)ccn1)c1ccccc1. The van der Waals surface area contributed by atoms with Crippen molar-refractivity contribution in [1.29, 1.82) is 0 Å². The van der Waals surface area contributed by atoms with Gasteiger partial charge in [-0.1, -0.05) is 54.4 Å². The molecule has 2 amide bonds. The number of amides is 2. The van der Waals surface area contributed by atoms with E-state index in [0.29, 0.717) is 23.2 Å². The Bertz CT molecular complexity index is 1550. The predicted octanol–water partition coefficient (Wildman–Crippen LogP) is 7.05. The van der Waals surface area contributed by atoms with Gasteiger partial charge in [0.05, 0.1) is 35.9 Å². The van der Waals surface area contributed by atoms with E-state index in [-0.39, 0.29) is 23.3 Å². The predicted molar refractivity (Wildman–Crippen MR) is 154 cm³/mol. The molecular formula is C32H31ClFN5O. The molecule has 2 heterocycles. The number of fused-ring (bicyclic) bond motifs is 2. The van der Waals surface area contributed by atoms with Gasteiger partial charge in [0.25, 0.3) is 0 Å². The zero-order chi connectivity index (χ0) is 27.7. The number of benzene rings is 2. The molecule has 204 valence electrons. The first-order valence-corrected chi connectivity index (χ1v) is 14.0. The van der Waals surface area contributed by atoms with Crippen LogP contribution in [0.3, 0.4) is 0 Å². The molecule has 8 heteroatoms. The van der Waals surface area contributed by atoms with Gasteiger partial charge in [0.2, 0.25) is 0 Å². The van der Waals surface area contributed by atoms with E-state index in [9.17, 15) is 9.18 Å². The van der Waals surface area contributed by atoms with Gasteiger partial charge in [0.1, 0.15) is 5.82 Å². The fourth-order valence-corrected chi connectivity index (χ4v) is 6.46. The minimum atomic E-state index is -0.259. The Labute approximate surface area is 238 Å². The van der Waals surface area contributed by atoms with E-state index in [1.54, 1.807) is 30.5 Å². The van der Waals surface area contributed by atoms with E-state index < -0.39 is 0 Å². The Morgan fingerprint density at radius 3 is 2.75 bits per heavy atom. The van der Waals surface area contributed by atoms with E-state index >= 15 is 0 Å². The number of carbonyl (C=O) groups is 1. The second kappa shape index (κ2) is 10.9. The van der Waals surface area contributed by atoms with E-state index in [4.69, 9.17) is 11.6 Å². The molecule has 2 aliphatic carbocycles. The molecule has 2 aliphatic rings. The number of rotatable bonds is 7. The molecule has 4 aromatic rings. The van der Waals surface area contributed by atoms with Gasteiger partial charge >= 0.3 is 6.03 Å². The van der Waals surface area contributed by atoms with E-state index in [1.165, 1.54) is 23.3 Å². The van der Waals surface area contributed by atoms with Gasteiger partial charge in [-0.2, -0.15) is 5.10 Å². The van der Waals surface area contributed by atoms with E-state index in [0.717, 1.165) is 42.6 Å². The van der Waals surface area contributed by atoms with Gasteiger partial charge in [-0.25, -0.2) is 13.9 Å². The lowest BCUT2D eigenvalue weighted by Gasteiger charge is -2.37. The summed E-state index contributed by atoms with van der Waals surface area (Å²) in [5.74, 6) is 0.118. The third-order valence-corrected chi connectivity index (χ3v) is 8.69. The highest BCUT2D eigenvalue weighted by Crippen LogP contribution is 2.55. The molecule has 3 atom stereocenters. The zero-order valence-corrected chi connectivity index (χ0v) is 23.0.